The third-order valence-corrected chi connectivity index (χ3v) is 2.87. The summed E-state index contributed by atoms with van der Waals surface area (Å²) in [6.45, 7) is 0. The van der Waals surface area contributed by atoms with Gasteiger partial charge in [-0.2, -0.15) is 11.3 Å². The number of thiophene rings is 1. The Bertz CT molecular complexity index is 581. The predicted octanol–water partition coefficient (Wildman–Crippen LogP) is 3.61. The number of carboxylic acid groups (broad SMARTS) is 1. The summed E-state index contributed by atoms with van der Waals surface area (Å²) in [7, 11) is 0. The molecule has 3 rings (SSSR count). The summed E-state index contributed by atoms with van der Waals surface area (Å²) in [5.41, 5.74) is 1.18. The molecule has 2 heterocycles. The van der Waals surface area contributed by atoms with Crippen LogP contribution in [0.25, 0.3) is 10.9 Å². The zero-order chi connectivity index (χ0) is 12.1. The van der Waals surface area contributed by atoms with E-state index < -0.39 is 5.97 Å². The molecule has 4 heteroatoms. The van der Waals surface area contributed by atoms with Crippen molar-refractivity contribution in [1.29, 1.82) is 0 Å². The molecule has 0 aliphatic rings. The molecule has 0 radical (unpaired) electrons. The molecule has 0 fully saturated rings. The van der Waals surface area contributed by atoms with E-state index in [1.165, 1.54) is 6.20 Å². The molecule has 0 saturated heterocycles. The molecule has 0 unspecified atom stereocenters. The number of aromatic amines is 1. The van der Waals surface area contributed by atoms with E-state index in [9.17, 15) is 4.79 Å². The topological polar surface area (TPSA) is 53.1 Å². The lowest BCUT2D eigenvalue weighted by atomic mass is 10.2. The highest BCUT2D eigenvalue weighted by Gasteiger charge is 2.08. The number of hydrogen-bond acceptors (Lipinski definition) is 2. The summed E-state index contributed by atoms with van der Waals surface area (Å²) in [5.74, 6) is -0.896. The van der Waals surface area contributed by atoms with E-state index in [1.807, 2.05) is 41.1 Å². The van der Waals surface area contributed by atoms with E-state index in [0.29, 0.717) is 5.56 Å². The summed E-state index contributed by atoms with van der Waals surface area (Å²) in [6, 6.07) is 11.4. The van der Waals surface area contributed by atoms with E-state index >= 15 is 0 Å². The summed E-state index contributed by atoms with van der Waals surface area (Å²) in [5, 5.41) is 13.6. The van der Waals surface area contributed by atoms with Crippen molar-refractivity contribution in [3.63, 3.8) is 0 Å². The highest BCUT2D eigenvalue weighted by Crippen LogP contribution is 2.16. The highest BCUT2D eigenvalue weighted by atomic mass is 32.1. The van der Waals surface area contributed by atoms with Crippen LogP contribution in [0.2, 0.25) is 0 Å². The van der Waals surface area contributed by atoms with Gasteiger partial charge >= 0.3 is 5.97 Å². The van der Waals surface area contributed by atoms with Crippen molar-refractivity contribution < 1.29 is 9.90 Å². The smallest absolute Gasteiger partial charge is 0.337 e. The van der Waals surface area contributed by atoms with Crippen LogP contribution in [-0.2, 0) is 0 Å². The SMILES string of the molecule is O=C(O)c1c[nH]c2ccccc12.c1ccsc1. The van der Waals surface area contributed by atoms with Crippen LogP contribution in [0.5, 0.6) is 0 Å². The minimum absolute atomic E-state index is 0.325. The summed E-state index contributed by atoms with van der Waals surface area (Å²) < 4.78 is 0. The third kappa shape index (κ3) is 2.73. The molecule has 17 heavy (non-hydrogen) atoms. The van der Waals surface area contributed by atoms with Gasteiger partial charge in [-0.05, 0) is 16.8 Å². The van der Waals surface area contributed by atoms with E-state index in [2.05, 4.69) is 4.98 Å². The normalized spacial score (nSPS) is 9.65. The monoisotopic (exact) mass is 245 g/mol. The van der Waals surface area contributed by atoms with Crippen molar-refractivity contribution in [2.24, 2.45) is 0 Å². The fourth-order valence-electron chi connectivity index (χ4n) is 1.48. The molecular formula is C13H11NO2S. The highest BCUT2D eigenvalue weighted by molar-refractivity contribution is 7.07. The van der Waals surface area contributed by atoms with Crippen molar-refractivity contribution in [3.05, 3.63) is 58.9 Å². The quantitative estimate of drug-likeness (QED) is 0.688. The minimum atomic E-state index is -0.896. The number of benzene rings is 1. The first kappa shape index (κ1) is 11.4. The maximum absolute atomic E-state index is 10.7. The van der Waals surface area contributed by atoms with Crippen molar-refractivity contribution >= 4 is 28.2 Å². The molecule has 86 valence electrons. The first-order valence-electron chi connectivity index (χ1n) is 5.05. The van der Waals surface area contributed by atoms with E-state index in [4.69, 9.17) is 5.11 Å². The number of H-pyrrole nitrogens is 1. The van der Waals surface area contributed by atoms with E-state index in [0.717, 1.165) is 10.9 Å². The number of rotatable bonds is 1. The molecule has 1 aromatic carbocycles. The van der Waals surface area contributed by atoms with Gasteiger partial charge in [0.05, 0.1) is 5.56 Å². The Balaban J connectivity index is 0.000000181. The maximum Gasteiger partial charge on any atom is 0.337 e. The second-order valence-corrected chi connectivity index (χ2v) is 4.16. The number of para-hydroxylation sites is 1. The van der Waals surface area contributed by atoms with Gasteiger partial charge < -0.3 is 10.1 Å². The second kappa shape index (κ2) is 5.32. The Morgan fingerprint density at radius 3 is 2.41 bits per heavy atom. The van der Waals surface area contributed by atoms with Gasteiger partial charge in [-0.15, -0.1) is 0 Å². The number of aromatic carboxylic acids is 1. The lowest BCUT2D eigenvalue weighted by Gasteiger charge is -1.89. The van der Waals surface area contributed by atoms with Crippen LogP contribution in [0.1, 0.15) is 10.4 Å². The average Bonchev–Trinajstić information content (AvgIpc) is 3.02. The molecule has 0 atom stereocenters. The molecule has 0 saturated carbocycles. The molecule has 0 aliphatic heterocycles. The first-order chi connectivity index (χ1) is 8.29. The summed E-state index contributed by atoms with van der Waals surface area (Å²) >= 11 is 1.71. The van der Waals surface area contributed by atoms with Crippen LogP contribution in [-0.4, -0.2) is 16.1 Å². The van der Waals surface area contributed by atoms with Crippen molar-refractivity contribution in [2.45, 2.75) is 0 Å². The number of aromatic nitrogens is 1. The van der Waals surface area contributed by atoms with Crippen LogP contribution < -0.4 is 0 Å². The van der Waals surface area contributed by atoms with Crippen LogP contribution in [0.15, 0.2) is 53.4 Å². The molecule has 2 N–H and O–H groups in total. The average molecular weight is 245 g/mol. The van der Waals surface area contributed by atoms with Gasteiger partial charge in [0.15, 0.2) is 0 Å². The number of fused-ring (bicyclic) bond motifs is 1. The second-order valence-electron chi connectivity index (χ2n) is 3.35. The van der Waals surface area contributed by atoms with Crippen LogP contribution in [0.3, 0.4) is 0 Å². The molecule has 0 spiro atoms. The Kier molecular flexibility index (Phi) is 3.57. The van der Waals surface area contributed by atoms with Crippen LogP contribution in [0.4, 0.5) is 0 Å². The van der Waals surface area contributed by atoms with Gasteiger partial charge in [0.2, 0.25) is 0 Å². The lowest BCUT2D eigenvalue weighted by Crippen LogP contribution is -1.92. The zero-order valence-electron chi connectivity index (χ0n) is 8.96. The molecule has 0 bridgehead atoms. The first-order valence-corrected chi connectivity index (χ1v) is 6.00. The van der Waals surface area contributed by atoms with Gasteiger partial charge in [-0.25, -0.2) is 4.79 Å². The minimum Gasteiger partial charge on any atom is -0.478 e. The molecule has 0 amide bonds. The standard InChI is InChI=1S/C9H7NO2.C4H4S/c11-9(12)7-5-10-8-4-2-1-3-6(7)8;1-2-4-5-3-1/h1-5,10H,(H,11,12);1-4H. The molecule has 3 nitrogen and oxygen atoms in total. The van der Waals surface area contributed by atoms with Crippen LogP contribution in [0, 0.1) is 0 Å². The maximum atomic E-state index is 10.7. The Morgan fingerprint density at radius 1 is 1.12 bits per heavy atom. The fourth-order valence-corrected chi connectivity index (χ4v) is 1.93. The fraction of sp³-hybridized carbons (Fsp3) is 0. The van der Waals surface area contributed by atoms with Crippen molar-refractivity contribution in [2.75, 3.05) is 0 Å². The molecule has 2 aromatic heterocycles. The van der Waals surface area contributed by atoms with E-state index in [1.54, 1.807) is 17.4 Å². The zero-order valence-corrected chi connectivity index (χ0v) is 9.78. The Hall–Kier alpha value is -2.07. The van der Waals surface area contributed by atoms with Gasteiger partial charge in [0, 0.05) is 17.1 Å². The van der Waals surface area contributed by atoms with Crippen molar-refractivity contribution in [3.8, 4) is 0 Å². The number of carbonyl (C=O) groups is 1. The molecular weight excluding hydrogens is 234 g/mol. The predicted molar refractivity (Wildman–Crippen MR) is 69.6 cm³/mol. The number of hydrogen-bond donors (Lipinski definition) is 2. The van der Waals surface area contributed by atoms with Gasteiger partial charge in [-0.1, -0.05) is 30.3 Å². The molecule has 3 aromatic rings. The Labute approximate surface area is 102 Å². The largest absolute Gasteiger partial charge is 0.478 e. The van der Waals surface area contributed by atoms with Crippen molar-refractivity contribution in [1.82, 2.24) is 4.98 Å². The van der Waals surface area contributed by atoms with Gasteiger partial charge in [-0.3, -0.25) is 0 Å². The molecule has 0 aliphatic carbocycles. The third-order valence-electron chi connectivity index (χ3n) is 2.25. The lowest BCUT2D eigenvalue weighted by molar-refractivity contribution is 0.0699. The summed E-state index contributed by atoms with van der Waals surface area (Å²) in [4.78, 5) is 13.5. The van der Waals surface area contributed by atoms with Gasteiger partial charge in [0.25, 0.3) is 0 Å². The Morgan fingerprint density at radius 2 is 1.82 bits per heavy atom. The summed E-state index contributed by atoms with van der Waals surface area (Å²) in [6.07, 6.45) is 1.51. The van der Waals surface area contributed by atoms with Gasteiger partial charge in [0.1, 0.15) is 0 Å². The van der Waals surface area contributed by atoms with Crippen LogP contribution >= 0.6 is 11.3 Å². The number of carboxylic acids is 1. The number of nitrogens with one attached hydrogen (secondary N) is 1. The van der Waals surface area contributed by atoms with E-state index in [-0.39, 0.29) is 0 Å².